The zero-order valence-electron chi connectivity index (χ0n) is 8.27. The Morgan fingerprint density at radius 2 is 2.31 bits per heavy atom. The van der Waals surface area contributed by atoms with E-state index in [-0.39, 0.29) is 11.4 Å². The Kier molecular flexibility index (Phi) is 3.81. The van der Waals surface area contributed by atoms with Crippen molar-refractivity contribution in [2.75, 3.05) is 0 Å². The average molecular weight is 200 g/mol. The number of nitrogens with zero attached hydrogens (tertiary/aromatic N) is 2. The van der Waals surface area contributed by atoms with Crippen molar-refractivity contribution in [1.82, 2.24) is 9.55 Å². The summed E-state index contributed by atoms with van der Waals surface area (Å²) in [5.41, 5.74) is 0. The van der Waals surface area contributed by atoms with E-state index in [4.69, 9.17) is 0 Å². The number of rotatable bonds is 4. The molecule has 2 atom stereocenters. The molecule has 1 aromatic rings. The highest BCUT2D eigenvalue weighted by Crippen LogP contribution is 2.18. The van der Waals surface area contributed by atoms with Crippen LogP contribution in [-0.4, -0.2) is 26.0 Å². The van der Waals surface area contributed by atoms with Crippen molar-refractivity contribution in [3.63, 3.8) is 0 Å². The number of aromatic nitrogens is 2. The largest absolute Gasteiger partial charge is 0.392 e. The SMILES string of the molecule is CC(O)C(C)SCc1nccn1C. The van der Waals surface area contributed by atoms with Gasteiger partial charge in [-0.1, -0.05) is 6.92 Å². The normalized spacial score (nSPS) is 15.7. The highest BCUT2D eigenvalue weighted by molar-refractivity contribution is 7.99. The molecule has 0 bridgehead atoms. The van der Waals surface area contributed by atoms with E-state index in [1.165, 1.54) is 0 Å². The van der Waals surface area contributed by atoms with Crippen LogP contribution in [0.3, 0.4) is 0 Å². The molecule has 0 radical (unpaired) electrons. The van der Waals surface area contributed by atoms with Gasteiger partial charge in [-0.15, -0.1) is 11.8 Å². The van der Waals surface area contributed by atoms with E-state index in [0.29, 0.717) is 0 Å². The number of hydrogen-bond donors (Lipinski definition) is 1. The minimum atomic E-state index is -0.259. The van der Waals surface area contributed by atoms with Gasteiger partial charge in [-0.25, -0.2) is 4.98 Å². The molecule has 0 amide bonds. The van der Waals surface area contributed by atoms with E-state index in [9.17, 15) is 5.11 Å². The van der Waals surface area contributed by atoms with E-state index in [1.54, 1.807) is 18.0 Å². The standard InChI is InChI=1S/C9H16N2OS/c1-7(12)8(2)13-6-9-10-4-5-11(9)3/h4-5,7-8,12H,6H2,1-3H3. The first kappa shape index (κ1) is 10.6. The summed E-state index contributed by atoms with van der Waals surface area (Å²) in [5, 5.41) is 9.53. The van der Waals surface area contributed by atoms with Gasteiger partial charge in [0.1, 0.15) is 5.82 Å². The van der Waals surface area contributed by atoms with E-state index in [2.05, 4.69) is 4.98 Å². The summed E-state index contributed by atoms with van der Waals surface area (Å²) in [6, 6.07) is 0. The molecule has 74 valence electrons. The molecule has 0 aliphatic heterocycles. The van der Waals surface area contributed by atoms with E-state index in [0.717, 1.165) is 11.6 Å². The van der Waals surface area contributed by atoms with Gasteiger partial charge in [-0.2, -0.15) is 0 Å². The topological polar surface area (TPSA) is 38.1 Å². The lowest BCUT2D eigenvalue weighted by Crippen LogP contribution is -2.15. The minimum Gasteiger partial charge on any atom is -0.392 e. The fraction of sp³-hybridized carbons (Fsp3) is 0.667. The van der Waals surface area contributed by atoms with Crippen molar-refractivity contribution in [3.05, 3.63) is 18.2 Å². The second kappa shape index (κ2) is 4.67. The van der Waals surface area contributed by atoms with Gasteiger partial charge in [0.05, 0.1) is 11.9 Å². The summed E-state index contributed by atoms with van der Waals surface area (Å²) < 4.78 is 2.00. The molecule has 0 saturated heterocycles. The third-order valence-electron chi connectivity index (χ3n) is 2.08. The molecule has 13 heavy (non-hydrogen) atoms. The first-order valence-electron chi connectivity index (χ1n) is 4.37. The number of hydrogen-bond acceptors (Lipinski definition) is 3. The van der Waals surface area contributed by atoms with Crippen LogP contribution in [-0.2, 0) is 12.8 Å². The van der Waals surface area contributed by atoms with Crippen molar-refractivity contribution in [3.8, 4) is 0 Å². The highest BCUT2D eigenvalue weighted by Gasteiger charge is 2.10. The number of aliphatic hydroxyl groups excluding tert-OH is 1. The summed E-state index contributed by atoms with van der Waals surface area (Å²) >= 11 is 1.72. The zero-order chi connectivity index (χ0) is 9.84. The van der Waals surface area contributed by atoms with Crippen LogP contribution < -0.4 is 0 Å². The fourth-order valence-electron chi connectivity index (χ4n) is 0.881. The van der Waals surface area contributed by atoms with Crippen molar-refractivity contribution in [2.24, 2.45) is 7.05 Å². The first-order valence-corrected chi connectivity index (χ1v) is 5.42. The van der Waals surface area contributed by atoms with Crippen LogP contribution in [0.25, 0.3) is 0 Å². The molecule has 3 nitrogen and oxygen atoms in total. The van der Waals surface area contributed by atoms with Crippen molar-refractivity contribution < 1.29 is 5.11 Å². The Hall–Kier alpha value is -0.480. The zero-order valence-corrected chi connectivity index (χ0v) is 9.08. The summed E-state index contributed by atoms with van der Waals surface area (Å²) in [4.78, 5) is 4.21. The molecule has 0 fully saturated rings. The molecule has 4 heteroatoms. The van der Waals surface area contributed by atoms with Gasteiger partial charge in [0.15, 0.2) is 0 Å². The van der Waals surface area contributed by atoms with Crippen LogP contribution in [0, 0.1) is 0 Å². The second-order valence-electron chi connectivity index (χ2n) is 3.21. The van der Waals surface area contributed by atoms with Crippen molar-refractivity contribution in [2.45, 2.75) is 31.0 Å². The second-order valence-corrected chi connectivity index (χ2v) is 4.58. The maximum absolute atomic E-state index is 9.27. The predicted octanol–water partition coefficient (Wildman–Crippen LogP) is 1.42. The third-order valence-corrected chi connectivity index (χ3v) is 3.42. The summed E-state index contributed by atoms with van der Waals surface area (Å²) in [5.74, 6) is 1.91. The molecular formula is C9H16N2OS. The number of imidazole rings is 1. The minimum absolute atomic E-state index is 0.259. The van der Waals surface area contributed by atoms with Crippen LogP contribution in [0.2, 0.25) is 0 Å². The Labute approximate surface area is 83.2 Å². The monoisotopic (exact) mass is 200 g/mol. The first-order chi connectivity index (χ1) is 6.11. The quantitative estimate of drug-likeness (QED) is 0.799. The fourth-order valence-corrected chi connectivity index (χ4v) is 1.85. The summed E-state index contributed by atoms with van der Waals surface area (Å²) in [6.45, 7) is 3.84. The lowest BCUT2D eigenvalue weighted by atomic mass is 10.3. The van der Waals surface area contributed by atoms with E-state index in [1.807, 2.05) is 31.7 Å². The molecule has 0 aromatic carbocycles. The Morgan fingerprint density at radius 3 is 2.77 bits per heavy atom. The maximum Gasteiger partial charge on any atom is 0.118 e. The van der Waals surface area contributed by atoms with Crippen LogP contribution >= 0.6 is 11.8 Å². The highest BCUT2D eigenvalue weighted by atomic mass is 32.2. The van der Waals surface area contributed by atoms with Gasteiger partial charge in [-0.05, 0) is 6.92 Å². The average Bonchev–Trinajstić information content (AvgIpc) is 2.47. The molecule has 0 spiro atoms. The molecule has 1 rings (SSSR count). The summed E-state index contributed by atoms with van der Waals surface area (Å²) in [7, 11) is 1.98. The molecule has 0 aliphatic carbocycles. The Morgan fingerprint density at radius 1 is 1.62 bits per heavy atom. The van der Waals surface area contributed by atoms with Crippen molar-refractivity contribution >= 4 is 11.8 Å². The molecule has 0 aliphatic rings. The smallest absolute Gasteiger partial charge is 0.118 e. The van der Waals surface area contributed by atoms with E-state index < -0.39 is 0 Å². The molecule has 1 aromatic heterocycles. The van der Waals surface area contributed by atoms with Crippen LogP contribution in [0.4, 0.5) is 0 Å². The Bertz CT molecular complexity index is 260. The molecule has 0 saturated carbocycles. The van der Waals surface area contributed by atoms with Gasteiger partial charge in [0.2, 0.25) is 0 Å². The van der Waals surface area contributed by atoms with Gasteiger partial charge < -0.3 is 9.67 Å². The number of thioether (sulfide) groups is 1. The van der Waals surface area contributed by atoms with Crippen LogP contribution in [0.1, 0.15) is 19.7 Å². The summed E-state index contributed by atoms with van der Waals surface area (Å²) in [6.07, 6.45) is 3.47. The number of aliphatic hydroxyl groups is 1. The lowest BCUT2D eigenvalue weighted by molar-refractivity contribution is 0.196. The molecular weight excluding hydrogens is 184 g/mol. The van der Waals surface area contributed by atoms with Crippen molar-refractivity contribution in [1.29, 1.82) is 0 Å². The number of aryl methyl sites for hydroxylation is 1. The van der Waals surface area contributed by atoms with Crippen LogP contribution in [0.15, 0.2) is 12.4 Å². The molecule has 1 heterocycles. The van der Waals surface area contributed by atoms with Crippen LogP contribution in [0.5, 0.6) is 0 Å². The third kappa shape index (κ3) is 3.04. The predicted molar refractivity (Wildman–Crippen MR) is 55.6 cm³/mol. The van der Waals surface area contributed by atoms with Gasteiger partial charge in [-0.3, -0.25) is 0 Å². The molecule has 2 unspecified atom stereocenters. The van der Waals surface area contributed by atoms with Gasteiger partial charge in [0.25, 0.3) is 0 Å². The van der Waals surface area contributed by atoms with Gasteiger partial charge in [0, 0.05) is 24.7 Å². The lowest BCUT2D eigenvalue weighted by Gasteiger charge is -2.13. The Balaban J connectivity index is 2.39. The molecule has 1 N–H and O–H groups in total. The maximum atomic E-state index is 9.27. The van der Waals surface area contributed by atoms with Gasteiger partial charge >= 0.3 is 0 Å². The van der Waals surface area contributed by atoms with E-state index >= 15 is 0 Å².